The number of para-hydroxylation sites is 1. The first-order valence-corrected chi connectivity index (χ1v) is 9.08. The summed E-state index contributed by atoms with van der Waals surface area (Å²) in [7, 11) is -3.86. The Labute approximate surface area is 147 Å². The molecule has 0 radical (unpaired) electrons. The first-order valence-electron chi connectivity index (χ1n) is 7.61. The van der Waals surface area contributed by atoms with Gasteiger partial charge in [-0.2, -0.15) is 8.42 Å². The van der Waals surface area contributed by atoms with Gasteiger partial charge in [-0.15, -0.1) is 0 Å². The molecule has 25 heavy (non-hydrogen) atoms. The molecule has 0 fully saturated rings. The van der Waals surface area contributed by atoms with Crippen molar-refractivity contribution in [2.24, 2.45) is 0 Å². The van der Waals surface area contributed by atoms with Crippen molar-refractivity contribution in [3.05, 3.63) is 95.9 Å². The zero-order valence-electron chi connectivity index (χ0n) is 13.3. The molecule has 0 spiro atoms. The molecule has 0 atom stereocenters. The summed E-state index contributed by atoms with van der Waals surface area (Å²) >= 11 is 0. The maximum Gasteiger partial charge on any atom is 0.332 e. The molecule has 0 saturated carbocycles. The molecular formula is C20H16O4S. The average molecular weight is 352 g/mol. The summed E-state index contributed by atoms with van der Waals surface area (Å²) < 4.78 is 35.0. The molecule has 0 N–H and O–H groups in total. The second-order valence-electron chi connectivity index (χ2n) is 5.18. The number of hydrogen-bond donors (Lipinski definition) is 0. The molecule has 0 aliphatic heterocycles. The smallest absolute Gasteiger partial charge is 0.332 e. The fourth-order valence-corrected chi connectivity index (χ4v) is 2.85. The van der Waals surface area contributed by atoms with E-state index in [0.717, 1.165) is 11.0 Å². The van der Waals surface area contributed by atoms with Crippen LogP contribution in [0.4, 0.5) is 0 Å². The van der Waals surface area contributed by atoms with Gasteiger partial charge < -0.3 is 8.92 Å². The minimum absolute atomic E-state index is 0.186. The van der Waals surface area contributed by atoms with E-state index in [1.54, 1.807) is 30.3 Å². The van der Waals surface area contributed by atoms with Crippen molar-refractivity contribution < 1.29 is 17.3 Å². The summed E-state index contributed by atoms with van der Waals surface area (Å²) in [5.41, 5.74) is 0.774. The van der Waals surface area contributed by atoms with Crippen LogP contribution in [0, 0.1) is 0 Å². The van der Waals surface area contributed by atoms with Crippen LogP contribution in [0.25, 0.3) is 6.08 Å². The van der Waals surface area contributed by atoms with Crippen LogP contribution in [0.15, 0.2) is 90.3 Å². The van der Waals surface area contributed by atoms with E-state index in [-0.39, 0.29) is 5.75 Å². The lowest BCUT2D eigenvalue weighted by atomic mass is 10.2. The molecule has 0 amide bonds. The van der Waals surface area contributed by atoms with Gasteiger partial charge in [0, 0.05) is 6.07 Å². The van der Waals surface area contributed by atoms with Crippen molar-refractivity contribution in [1.29, 1.82) is 0 Å². The number of ether oxygens (including phenoxy) is 1. The Morgan fingerprint density at radius 3 is 2.00 bits per heavy atom. The topological polar surface area (TPSA) is 52.6 Å². The maximum absolute atomic E-state index is 12.1. The van der Waals surface area contributed by atoms with Gasteiger partial charge in [0.2, 0.25) is 0 Å². The average Bonchev–Trinajstić information content (AvgIpc) is 2.62. The van der Waals surface area contributed by atoms with E-state index in [2.05, 4.69) is 0 Å². The molecule has 3 aromatic carbocycles. The van der Waals surface area contributed by atoms with Crippen LogP contribution in [0.5, 0.6) is 17.2 Å². The Morgan fingerprint density at radius 2 is 1.28 bits per heavy atom. The van der Waals surface area contributed by atoms with Crippen LogP contribution < -0.4 is 8.92 Å². The van der Waals surface area contributed by atoms with E-state index in [0.29, 0.717) is 11.5 Å². The molecule has 0 bridgehead atoms. The lowest BCUT2D eigenvalue weighted by Gasteiger charge is -2.08. The summed E-state index contributed by atoms with van der Waals surface area (Å²) in [4.78, 5) is 0. The zero-order chi connectivity index (χ0) is 17.5. The van der Waals surface area contributed by atoms with Gasteiger partial charge in [0.15, 0.2) is 0 Å². The van der Waals surface area contributed by atoms with Crippen LogP contribution in [-0.2, 0) is 10.1 Å². The summed E-state index contributed by atoms with van der Waals surface area (Å²) in [6.07, 6.45) is 1.49. The summed E-state index contributed by atoms with van der Waals surface area (Å²) in [5, 5.41) is 1.03. The molecule has 4 nitrogen and oxygen atoms in total. The highest BCUT2D eigenvalue weighted by atomic mass is 32.2. The number of benzene rings is 3. The van der Waals surface area contributed by atoms with E-state index in [9.17, 15) is 8.42 Å². The Morgan fingerprint density at radius 1 is 0.680 bits per heavy atom. The van der Waals surface area contributed by atoms with Gasteiger partial charge in [0.25, 0.3) is 0 Å². The van der Waals surface area contributed by atoms with E-state index in [4.69, 9.17) is 8.92 Å². The second kappa shape index (κ2) is 7.68. The highest BCUT2D eigenvalue weighted by Crippen LogP contribution is 2.26. The third-order valence-electron chi connectivity index (χ3n) is 3.22. The third-order valence-corrected chi connectivity index (χ3v) is 4.12. The van der Waals surface area contributed by atoms with Gasteiger partial charge in [0.05, 0.1) is 5.41 Å². The SMILES string of the molecule is O=S(=O)(/C=C/c1ccccc1)Oc1cccc(Oc2ccccc2)c1. The predicted molar refractivity (Wildman–Crippen MR) is 98.0 cm³/mol. The molecular weight excluding hydrogens is 336 g/mol. The highest BCUT2D eigenvalue weighted by Gasteiger charge is 2.09. The van der Waals surface area contributed by atoms with Gasteiger partial charge in [-0.05, 0) is 35.9 Å². The molecule has 0 aliphatic carbocycles. The van der Waals surface area contributed by atoms with Gasteiger partial charge in [0.1, 0.15) is 17.2 Å². The van der Waals surface area contributed by atoms with E-state index in [1.165, 1.54) is 12.1 Å². The van der Waals surface area contributed by atoms with Crippen LogP contribution >= 0.6 is 0 Å². The minimum Gasteiger partial charge on any atom is -0.457 e. The molecule has 0 heterocycles. The maximum atomic E-state index is 12.1. The predicted octanol–water partition coefficient (Wildman–Crippen LogP) is 4.86. The Bertz CT molecular complexity index is 949. The standard InChI is InChI=1S/C20H16O4S/c21-25(22,15-14-17-8-3-1-4-9-17)24-20-13-7-12-19(16-20)23-18-10-5-2-6-11-18/h1-16H/b15-14+. The van der Waals surface area contributed by atoms with Crippen LogP contribution in [0.2, 0.25) is 0 Å². The van der Waals surface area contributed by atoms with Gasteiger partial charge in [-0.25, -0.2) is 0 Å². The molecule has 0 saturated heterocycles. The Kier molecular flexibility index (Phi) is 5.16. The van der Waals surface area contributed by atoms with Gasteiger partial charge in [-0.3, -0.25) is 0 Å². The van der Waals surface area contributed by atoms with E-state index < -0.39 is 10.1 Å². The van der Waals surface area contributed by atoms with Crippen molar-refractivity contribution in [2.75, 3.05) is 0 Å². The first kappa shape index (κ1) is 16.8. The van der Waals surface area contributed by atoms with Crippen molar-refractivity contribution in [1.82, 2.24) is 0 Å². The monoisotopic (exact) mass is 352 g/mol. The summed E-state index contributed by atoms with van der Waals surface area (Å²) in [5.74, 6) is 1.34. The molecule has 0 aliphatic rings. The molecule has 3 rings (SSSR count). The number of hydrogen-bond acceptors (Lipinski definition) is 4. The molecule has 0 aromatic heterocycles. The molecule has 5 heteroatoms. The minimum atomic E-state index is -3.86. The zero-order valence-corrected chi connectivity index (χ0v) is 14.1. The largest absolute Gasteiger partial charge is 0.457 e. The second-order valence-corrected chi connectivity index (χ2v) is 6.60. The van der Waals surface area contributed by atoms with Crippen LogP contribution in [0.3, 0.4) is 0 Å². The van der Waals surface area contributed by atoms with Gasteiger partial charge in [-0.1, -0.05) is 54.6 Å². The van der Waals surface area contributed by atoms with Crippen LogP contribution in [-0.4, -0.2) is 8.42 Å². The Balaban J connectivity index is 1.72. The Hall–Kier alpha value is -3.05. The quantitative estimate of drug-likeness (QED) is 0.595. The lowest BCUT2D eigenvalue weighted by molar-refractivity contribution is 0.472. The molecule has 126 valence electrons. The van der Waals surface area contributed by atoms with Crippen molar-refractivity contribution >= 4 is 16.2 Å². The van der Waals surface area contributed by atoms with Crippen molar-refractivity contribution in [3.63, 3.8) is 0 Å². The highest BCUT2D eigenvalue weighted by molar-refractivity contribution is 7.90. The van der Waals surface area contributed by atoms with E-state index in [1.807, 2.05) is 48.5 Å². The first-order chi connectivity index (χ1) is 12.1. The fourth-order valence-electron chi connectivity index (χ4n) is 2.10. The third kappa shape index (κ3) is 5.22. The summed E-state index contributed by atoms with van der Waals surface area (Å²) in [6, 6.07) is 24.8. The molecule has 0 unspecified atom stereocenters. The van der Waals surface area contributed by atoms with Crippen LogP contribution in [0.1, 0.15) is 5.56 Å². The van der Waals surface area contributed by atoms with Crippen molar-refractivity contribution in [2.45, 2.75) is 0 Å². The fraction of sp³-hybridized carbons (Fsp3) is 0. The van der Waals surface area contributed by atoms with Gasteiger partial charge >= 0.3 is 10.1 Å². The normalized spacial score (nSPS) is 11.4. The molecule has 3 aromatic rings. The van der Waals surface area contributed by atoms with E-state index >= 15 is 0 Å². The lowest BCUT2D eigenvalue weighted by Crippen LogP contribution is -2.05. The number of rotatable bonds is 6. The summed E-state index contributed by atoms with van der Waals surface area (Å²) in [6.45, 7) is 0. The van der Waals surface area contributed by atoms with Crippen molar-refractivity contribution in [3.8, 4) is 17.2 Å².